The minimum Gasteiger partial charge on any atom is -0.497 e. The van der Waals surface area contributed by atoms with Gasteiger partial charge in [-0.2, -0.15) is 0 Å². The number of methoxy groups -OCH3 is 1. The summed E-state index contributed by atoms with van der Waals surface area (Å²) in [7, 11) is 1.71. The summed E-state index contributed by atoms with van der Waals surface area (Å²) in [4.78, 5) is 4.65. The first-order valence-electron chi connectivity index (χ1n) is 5.99. The summed E-state index contributed by atoms with van der Waals surface area (Å²) in [5.74, 6) is 0.917. The molecule has 0 bridgehead atoms. The van der Waals surface area contributed by atoms with Crippen molar-refractivity contribution in [1.29, 1.82) is 0 Å². The second-order valence-electron chi connectivity index (χ2n) is 3.93. The Morgan fingerprint density at radius 1 is 1.35 bits per heavy atom. The van der Waals surface area contributed by atoms with Crippen LogP contribution in [0.3, 0.4) is 0 Å². The Bertz CT molecular complexity index is 507. The number of aryl methyl sites for hydroxylation is 1. The lowest BCUT2D eigenvalue weighted by Gasteiger charge is -2.03. The van der Waals surface area contributed by atoms with Gasteiger partial charge in [0.05, 0.1) is 17.3 Å². The maximum Gasteiger partial charge on any atom is 0.183 e. The van der Waals surface area contributed by atoms with Crippen molar-refractivity contribution in [3.8, 4) is 5.75 Å². The zero-order valence-corrected chi connectivity index (χ0v) is 11.4. The SMILES string of the molecule is CCCNc1nc2c(CC)cc(OC)cc2s1. The number of hydrogen-bond donors (Lipinski definition) is 1. The second kappa shape index (κ2) is 5.36. The molecule has 4 heteroatoms. The highest BCUT2D eigenvalue weighted by atomic mass is 32.1. The molecule has 0 aliphatic rings. The molecule has 0 aliphatic heterocycles. The molecule has 0 fully saturated rings. The predicted octanol–water partition coefficient (Wildman–Crippen LogP) is 3.69. The fourth-order valence-electron chi connectivity index (χ4n) is 1.77. The van der Waals surface area contributed by atoms with E-state index in [0.29, 0.717) is 0 Å². The lowest BCUT2D eigenvalue weighted by molar-refractivity contribution is 0.415. The molecule has 0 saturated heterocycles. The second-order valence-corrected chi connectivity index (χ2v) is 4.96. The summed E-state index contributed by atoms with van der Waals surface area (Å²) < 4.78 is 6.51. The Balaban J connectivity index is 2.43. The average Bonchev–Trinajstić information content (AvgIpc) is 2.77. The van der Waals surface area contributed by atoms with Gasteiger partial charge >= 0.3 is 0 Å². The molecule has 3 nitrogen and oxygen atoms in total. The molecule has 1 N–H and O–H groups in total. The van der Waals surface area contributed by atoms with E-state index < -0.39 is 0 Å². The first-order valence-corrected chi connectivity index (χ1v) is 6.81. The lowest BCUT2D eigenvalue weighted by atomic mass is 10.1. The monoisotopic (exact) mass is 250 g/mol. The van der Waals surface area contributed by atoms with Crippen molar-refractivity contribution in [2.45, 2.75) is 26.7 Å². The van der Waals surface area contributed by atoms with Crippen LogP contribution in [0.2, 0.25) is 0 Å². The van der Waals surface area contributed by atoms with Crippen LogP contribution in [0.5, 0.6) is 5.75 Å². The highest BCUT2D eigenvalue weighted by Gasteiger charge is 2.09. The lowest BCUT2D eigenvalue weighted by Crippen LogP contribution is -1.98. The topological polar surface area (TPSA) is 34.2 Å². The van der Waals surface area contributed by atoms with E-state index in [1.54, 1.807) is 18.4 Å². The minimum atomic E-state index is 0.917. The summed E-state index contributed by atoms with van der Waals surface area (Å²) in [5, 5.41) is 4.34. The van der Waals surface area contributed by atoms with Gasteiger partial charge in [0.15, 0.2) is 5.13 Å². The van der Waals surface area contributed by atoms with Crippen LogP contribution >= 0.6 is 11.3 Å². The fraction of sp³-hybridized carbons (Fsp3) is 0.462. The minimum absolute atomic E-state index is 0.917. The molecule has 92 valence electrons. The Labute approximate surface area is 106 Å². The number of anilines is 1. The van der Waals surface area contributed by atoms with Crippen LogP contribution in [-0.4, -0.2) is 18.6 Å². The molecule has 0 aliphatic carbocycles. The van der Waals surface area contributed by atoms with E-state index in [2.05, 4.69) is 36.3 Å². The Hall–Kier alpha value is -1.29. The number of aromatic nitrogens is 1. The molecule has 0 unspecified atom stereocenters. The Morgan fingerprint density at radius 3 is 2.82 bits per heavy atom. The molecule has 0 atom stereocenters. The molecular weight excluding hydrogens is 232 g/mol. The number of ether oxygens (including phenoxy) is 1. The fourth-order valence-corrected chi connectivity index (χ4v) is 2.73. The van der Waals surface area contributed by atoms with E-state index >= 15 is 0 Å². The van der Waals surface area contributed by atoms with Gasteiger partial charge in [0.2, 0.25) is 0 Å². The van der Waals surface area contributed by atoms with Crippen molar-refractivity contribution in [3.05, 3.63) is 17.7 Å². The zero-order valence-electron chi connectivity index (χ0n) is 10.5. The van der Waals surface area contributed by atoms with Crippen molar-refractivity contribution in [3.63, 3.8) is 0 Å². The molecule has 1 aromatic heterocycles. The van der Waals surface area contributed by atoms with Crippen molar-refractivity contribution in [1.82, 2.24) is 4.98 Å². The summed E-state index contributed by atoms with van der Waals surface area (Å²) in [5.41, 5.74) is 2.36. The van der Waals surface area contributed by atoms with Gasteiger partial charge in [-0.3, -0.25) is 0 Å². The van der Waals surface area contributed by atoms with Crippen LogP contribution in [0.15, 0.2) is 12.1 Å². The average molecular weight is 250 g/mol. The standard InChI is InChI=1S/C13H18N2OS/c1-4-6-14-13-15-12-9(5-2)7-10(16-3)8-11(12)17-13/h7-8H,4-6H2,1-3H3,(H,14,15). The van der Waals surface area contributed by atoms with Gasteiger partial charge in [-0.1, -0.05) is 25.2 Å². The number of hydrogen-bond acceptors (Lipinski definition) is 4. The Kier molecular flexibility index (Phi) is 3.84. The summed E-state index contributed by atoms with van der Waals surface area (Å²) >= 11 is 1.69. The maximum absolute atomic E-state index is 5.31. The van der Waals surface area contributed by atoms with Crippen LogP contribution < -0.4 is 10.1 Å². The maximum atomic E-state index is 5.31. The van der Waals surface area contributed by atoms with Crippen LogP contribution in [0.4, 0.5) is 5.13 Å². The number of benzene rings is 1. The van der Waals surface area contributed by atoms with Gasteiger partial charge in [-0.05, 0) is 30.5 Å². The summed E-state index contributed by atoms with van der Waals surface area (Å²) in [6.45, 7) is 5.27. The van der Waals surface area contributed by atoms with Crippen molar-refractivity contribution < 1.29 is 4.74 Å². The number of thiazole rings is 1. The van der Waals surface area contributed by atoms with E-state index in [1.165, 1.54) is 10.3 Å². The molecule has 0 radical (unpaired) electrons. The van der Waals surface area contributed by atoms with E-state index in [4.69, 9.17) is 4.74 Å². The molecule has 1 heterocycles. The highest BCUT2D eigenvalue weighted by molar-refractivity contribution is 7.22. The highest BCUT2D eigenvalue weighted by Crippen LogP contribution is 2.32. The normalized spacial score (nSPS) is 10.8. The van der Waals surface area contributed by atoms with Gasteiger partial charge in [-0.15, -0.1) is 0 Å². The van der Waals surface area contributed by atoms with Crippen LogP contribution in [0.25, 0.3) is 10.2 Å². The van der Waals surface area contributed by atoms with Crippen LogP contribution in [0.1, 0.15) is 25.8 Å². The molecule has 2 rings (SSSR count). The van der Waals surface area contributed by atoms with Gasteiger partial charge in [0, 0.05) is 6.54 Å². The molecule has 0 spiro atoms. The third-order valence-electron chi connectivity index (χ3n) is 2.69. The van der Waals surface area contributed by atoms with Crippen LogP contribution in [0, 0.1) is 0 Å². The molecular formula is C13H18N2OS. The van der Waals surface area contributed by atoms with Crippen LogP contribution in [-0.2, 0) is 6.42 Å². The van der Waals surface area contributed by atoms with Crippen molar-refractivity contribution in [2.75, 3.05) is 19.0 Å². The van der Waals surface area contributed by atoms with Gasteiger partial charge in [-0.25, -0.2) is 4.98 Å². The van der Waals surface area contributed by atoms with Crippen molar-refractivity contribution >= 4 is 26.7 Å². The smallest absolute Gasteiger partial charge is 0.183 e. The molecule has 1 aromatic carbocycles. The predicted molar refractivity (Wildman–Crippen MR) is 74.3 cm³/mol. The molecule has 17 heavy (non-hydrogen) atoms. The molecule has 2 aromatic rings. The van der Waals surface area contributed by atoms with Gasteiger partial charge < -0.3 is 10.1 Å². The zero-order chi connectivity index (χ0) is 12.3. The quantitative estimate of drug-likeness (QED) is 0.878. The number of fused-ring (bicyclic) bond motifs is 1. The third kappa shape index (κ3) is 2.52. The first kappa shape index (κ1) is 12.2. The van der Waals surface area contributed by atoms with E-state index in [9.17, 15) is 0 Å². The first-order chi connectivity index (χ1) is 8.28. The largest absolute Gasteiger partial charge is 0.497 e. The van der Waals surface area contributed by atoms with Crippen molar-refractivity contribution in [2.24, 2.45) is 0 Å². The molecule has 0 amide bonds. The number of nitrogens with zero attached hydrogens (tertiary/aromatic N) is 1. The molecule has 0 saturated carbocycles. The van der Waals surface area contributed by atoms with E-state index in [1.807, 2.05) is 0 Å². The summed E-state index contributed by atoms with van der Waals surface area (Å²) in [6, 6.07) is 4.13. The number of rotatable bonds is 5. The summed E-state index contributed by atoms with van der Waals surface area (Å²) in [6.07, 6.45) is 2.09. The Morgan fingerprint density at radius 2 is 2.18 bits per heavy atom. The number of nitrogens with one attached hydrogen (secondary N) is 1. The van der Waals surface area contributed by atoms with Gasteiger partial charge in [0.25, 0.3) is 0 Å². The van der Waals surface area contributed by atoms with E-state index in [-0.39, 0.29) is 0 Å². The van der Waals surface area contributed by atoms with Gasteiger partial charge in [0.1, 0.15) is 5.75 Å². The van der Waals surface area contributed by atoms with E-state index in [0.717, 1.165) is 35.8 Å². The third-order valence-corrected chi connectivity index (χ3v) is 3.65.